The average molecular weight is 292 g/mol. The van der Waals surface area contributed by atoms with E-state index in [9.17, 15) is 9.59 Å². The number of nitrogens with zero attached hydrogens (tertiary/aromatic N) is 1. The summed E-state index contributed by atoms with van der Waals surface area (Å²) in [5.41, 5.74) is 0. The van der Waals surface area contributed by atoms with E-state index in [2.05, 4.69) is 18.3 Å². The fraction of sp³-hybridized carbons (Fsp3) is 0.600. The molecule has 4 nitrogen and oxygen atoms in total. The molecule has 0 radical (unpaired) electrons. The van der Waals surface area contributed by atoms with Crippen LogP contribution in [0.2, 0.25) is 0 Å². The zero-order valence-corrected chi connectivity index (χ0v) is 12.7. The van der Waals surface area contributed by atoms with Crippen molar-refractivity contribution in [2.45, 2.75) is 51.2 Å². The summed E-state index contributed by atoms with van der Waals surface area (Å²) >= 11 is 1.65. The minimum absolute atomic E-state index is 0.0171. The van der Waals surface area contributed by atoms with Crippen molar-refractivity contribution in [1.29, 1.82) is 0 Å². The number of hydrogen-bond acceptors (Lipinski definition) is 3. The van der Waals surface area contributed by atoms with Crippen molar-refractivity contribution in [2.24, 2.45) is 5.92 Å². The van der Waals surface area contributed by atoms with Crippen LogP contribution < -0.4 is 5.32 Å². The molecule has 2 heterocycles. The summed E-state index contributed by atoms with van der Waals surface area (Å²) in [5, 5.41) is 4.93. The Morgan fingerprint density at radius 3 is 2.75 bits per heavy atom. The number of piperazine rings is 1. The number of thiophene rings is 1. The van der Waals surface area contributed by atoms with E-state index in [4.69, 9.17) is 0 Å². The van der Waals surface area contributed by atoms with Crippen molar-refractivity contribution in [1.82, 2.24) is 10.2 Å². The Kier molecular flexibility index (Phi) is 3.54. The lowest BCUT2D eigenvalue weighted by Crippen LogP contribution is -2.63. The number of carbonyl (C=O) groups excluding carboxylic acids is 2. The van der Waals surface area contributed by atoms with E-state index < -0.39 is 0 Å². The minimum atomic E-state index is -0.385. The van der Waals surface area contributed by atoms with Gasteiger partial charge in [0.25, 0.3) is 0 Å². The fourth-order valence-corrected chi connectivity index (χ4v) is 3.91. The van der Waals surface area contributed by atoms with Gasteiger partial charge in [0.1, 0.15) is 12.1 Å². The highest BCUT2D eigenvalue weighted by Crippen LogP contribution is 2.38. The van der Waals surface area contributed by atoms with Crippen molar-refractivity contribution in [3.05, 3.63) is 22.4 Å². The maximum atomic E-state index is 12.8. The van der Waals surface area contributed by atoms with Crippen LogP contribution in [0.15, 0.2) is 17.5 Å². The number of hydrogen-bond donors (Lipinski definition) is 1. The third kappa shape index (κ3) is 2.24. The van der Waals surface area contributed by atoms with Crippen LogP contribution >= 0.6 is 11.3 Å². The van der Waals surface area contributed by atoms with Crippen LogP contribution in [0.3, 0.4) is 0 Å². The first-order valence-electron chi connectivity index (χ1n) is 7.29. The zero-order chi connectivity index (χ0) is 14.3. The molecule has 0 aromatic carbocycles. The zero-order valence-electron chi connectivity index (χ0n) is 11.8. The van der Waals surface area contributed by atoms with E-state index in [1.165, 1.54) is 0 Å². The van der Waals surface area contributed by atoms with Gasteiger partial charge in [-0.2, -0.15) is 0 Å². The van der Waals surface area contributed by atoms with Crippen molar-refractivity contribution >= 4 is 23.2 Å². The summed E-state index contributed by atoms with van der Waals surface area (Å²) < 4.78 is 0. The topological polar surface area (TPSA) is 49.4 Å². The van der Waals surface area contributed by atoms with Gasteiger partial charge in [-0.25, -0.2) is 0 Å². The van der Waals surface area contributed by atoms with E-state index in [0.29, 0.717) is 5.92 Å². The fourth-order valence-electron chi connectivity index (χ4n) is 3.00. The molecule has 2 amide bonds. The molecule has 20 heavy (non-hydrogen) atoms. The molecule has 3 atom stereocenters. The summed E-state index contributed by atoms with van der Waals surface area (Å²) in [7, 11) is 0. The van der Waals surface area contributed by atoms with Crippen LogP contribution in [-0.2, 0) is 9.59 Å². The summed E-state index contributed by atoms with van der Waals surface area (Å²) in [6, 6.07) is 3.39. The molecule has 2 fully saturated rings. The predicted octanol–water partition coefficient (Wildman–Crippen LogP) is 2.32. The molecule has 3 unspecified atom stereocenters. The third-order valence-corrected chi connectivity index (χ3v) is 5.28. The highest BCUT2D eigenvalue weighted by Gasteiger charge is 2.47. The number of rotatable bonds is 4. The van der Waals surface area contributed by atoms with Crippen molar-refractivity contribution < 1.29 is 9.59 Å². The second kappa shape index (κ2) is 5.20. The molecule has 1 aromatic rings. The SMILES string of the molecule is CCC(c1cccs1)N1C(=O)C(C2CC2)NC(=O)C1C. The normalized spacial score (nSPS) is 28.4. The summed E-state index contributed by atoms with van der Waals surface area (Å²) in [4.78, 5) is 27.9. The molecular formula is C15H20N2O2S. The van der Waals surface area contributed by atoms with Crippen LogP contribution in [0.5, 0.6) is 0 Å². The maximum Gasteiger partial charge on any atom is 0.246 e. The predicted molar refractivity (Wildman–Crippen MR) is 78.3 cm³/mol. The third-order valence-electron chi connectivity index (χ3n) is 4.30. The van der Waals surface area contributed by atoms with E-state index in [0.717, 1.165) is 24.1 Å². The molecule has 108 valence electrons. The number of carbonyl (C=O) groups is 2. The van der Waals surface area contributed by atoms with Crippen molar-refractivity contribution in [3.63, 3.8) is 0 Å². The minimum Gasteiger partial charge on any atom is -0.342 e. The molecule has 1 aliphatic carbocycles. The van der Waals surface area contributed by atoms with Crippen molar-refractivity contribution in [2.75, 3.05) is 0 Å². The molecule has 1 N–H and O–H groups in total. The van der Waals surface area contributed by atoms with Gasteiger partial charge in [-0.1, -0.05) is 13.0 Å². The Morgan fingerprint density at radius 2 is 2.20 bits per heavy atom. The van der Waals surface area contributed by atoms with Gasteiger partial charge in [0.05, 0.1) is 6.04 Å². The first kappa shape index (κ1) is 13.6. The molecule has 0 bridgehead atoms. The highest BCUT2D eigenvalue weighted by molar-refractivity contribution is 7.10. The molecule has 1 aromatic heterocycles. The standard InChI is InChI=1S/C15H20N2O2S/c1-3-11(12-5-4-8-20-12)17-9(2)14(18)16-13(15(17)19)10-6-7-10/h4-5,8-11,13H,3,6-7H2,1-2H3,(H,16,18). The van der Waals surface area contributed by atoms with Crippen LogP contribution in [0.4, 0.5) is 0 Å². The Morgan fingerprint density at radius 1 is 1.45 bits per heavy atom. The van der Waals surface area contributed by atoms with Gasteiger partial charge >= 0.3 is 0 Å². The van der Waals surface area contributed by atoms with Crippen LogP contribution in [0, 0.1) is 5.92 Å². The van der Waals surface area contributed by atoms with E-state index >= 15 is 0 Å². The first-order valence-corrected chi connectivity index (χ1v) is 8.17. The molecule has 2 aliphatic rings. The molecular weight excluding hydrogens is 272 g/mol. The van der Waals surface area contributed by atoms with Gasteiger partial charge in [0.15, 0.2) is 0 Å². The Bertz CT molecular complexity index is 510. The quantitative estimate of drug-likeness (QED) is 0.926. The summed E-state index contributed by atoms with van der Waals surface area (Å²) in [6.45, 7) is 3.90. The lowest BCUT2D eigenvalue weighted by atomic mass is 10.00. The molecule has 1 saturated carbocycles. The molecule has 1 saturated heterocycles. The summed E-state index contributed by atoms with van der Waals surface area (Å²) in [6.07, 6.45) is 2.94. The molecule has 0 spiro atoms. The largest absolute Gasteiger partial charge is 0.342 e. The van der Waals surface area contributed by atoms with Crippen LogP contribution in [0.25, 0.3) is 0 Å². The van der Waals surface area contributed by atoms with E-state index in [-0.39, 0.29) is 29.9 Å². The van der Waals surface area contributed by atoms with E-state index in [1.54, 1.807) is 11.3 Å². The number of nitrogens with one attached hydrogen (secondary N) is 1. The van der Waals surface area contributed by atoms with Crippen molar-refractivity contribution in [3.8, 4) is 0 Å². The smallest absolute Gasteiger partial charge is 0.246 e. The van der Waals surface area contributed by atoms with Gasteiger partial charge < -0.3 is 10.2 Å². The number of amides is 2. The monoisotopic (exact) mass is 292 g/mol. The molecule has 5 heteroatoms. The first-order chi connectivity index (χ1) is 9.63. The van der Waals surface area contributed by atoms with Gasteiger partial charge in [0.2, 0.25) is 11.8 Å². The van der Waals surface area contributed by atoms with Gasteiger partial charge in [-0.15, -0.1) is 11.3 Å². The Labute approximate surface area is 123 Å². The lowest BCUT2D eigenvalue weighted by Gasteiger charge is -2.41. The Balaban J connectivity index is 1.91. The second-order valence-electron chi connectivity index (χ2n) is 5.68. The summed E-state index contributed by atoms with van der Waals surface area (Å²) in [5.74, 6) is 0.429. The van der Waals surface area contributed by atoms with E-state index in [1.807, 2.05) is 23.3 Å². The lowest BCUT2D eigenvalue weighted by molar-refractivity contribution is -0.152. The maximum absolute atomic E-state index is 12.8. The average Bonchev–Trinajstić information content (AvgIpc) is 3.14. The van der Waals surface area contributed by atoms with Gasteiger partial charge in [0, 0.05) is 4.88 Å². The Hall–Kier alpha value is -1.36. The van der Waals surface area contributed by atoms with Gasteiger partial charge in [-0.05, 0) is 43.6 Å². The van der Waals surface area contributed by atoms with Crippen LogP contribution in [0.1, 0.15) is 44.0 Å². The highest BCUT2D eigenvalue weighted by atomic mass is 32.1. The molecule has 3 rings (SSSR count). The van der Waals surface area contributed by atoms with Crippen LogP contribution in [-0.4, -0.2) is 28.8 Å². The van der Waals surface area contributed by atoms with Gasteiger partial charge in [-0.3, -0.25) is 9.59 Å². The molecule has 1 aliphatic heterocycles. The second-order valence-corrected chi connectivity index (χ2v) is 6.66.